The number of likely N-dealkylation sites (tertiary alicyclic amines) is 1. The van der Waals surface area contributed by atoms with Crippen molar-refractivity contribution >= 4 is 5.96 Å². The molecule has 5 heteroatoms. The fraction of sp³-hybridized carbons (Fsp3) is 0.562. The summed E-state index contributed by atoms with van der Waals surface area (Å²) in [7, 11) is 1.76. The second-order valence-corrected chi connectivity index (χ2v) is 5.36. The Hall–Kier alpha value is -1.62. The predicted molar refractivity (Wildman–Crippen MR) is 84.9 cm³/mol. The van der Waals surface area contributed by atoms with Crippen molar-refractivity contribution < 1.29 is 4.39 Å². The summed E-state index contributed by atoms with van der Waals surface area (Å²) in [5.74, 6) is 0.559. The molecule has 0 saturated carbocycles. The molecule has 116 valence electrons. The Bertz CT molecular complexity index is 475. The Morgan fingerprint density at radius 3 is 3.00 bits per heavy atom. The third kappa shape index (κ3) is 4.70. The number of guanidine groups is 1. The molecule has 0 bridgehead atoms. The molecule has 1 fully saturated rings. The summed E-state index contributed by atoms with van der Waals surface area (Å²) in [5, 5.41) is 6.59. The first-order chi connectivity index (χ1) is 10.2. The lowest BCUT2D eigenvalue weighted by atomic mass is 10.2. The Balaban J connectivity index is 1.78. The molecule has 4 nitrogen and oxygen atoms in total. The Morgan fingerprint density at radius 1 is 1.43 bits per heavy atom. The van der Waals surface area contributed by atoms with Gasteiger partial charge in [-0.3, -0.25) is 9.89 Å². The fourth-order valence-corrected chi connectivity index (χ4v) is 2.81. The van der Waals surface area contributed by atoms with Gasteiger partial charge in [0.2, 0.25) is 0 Å². The molecule has 1 heterocycles. The Morgan fingerprint density at radius 2 is 2.29 bits per heavy atom. The van der Waals surface area contributed by atoms with Crippen molar-refractivity contribution in [2.75, 3.05) is 26.7 Å². The van der Waals surface area contributed by atoms with Crippen LogP contribution in [-0.4, -0.2) is 43.6 Å². The molecule has 1 atom stereocenters. The molecular formula is C16H25FN4. The fourth-order valence-electron chi connectivity index (χ4n) is 2.81. The molecule has 0 aliphatic carbocycles. The highest BCUT2D eigenvalue weighted by Crippen LogP contribution is 2.15. The van der Waals surface area contributed by atoms with E-state index in [0.717, 1.165) is 24.6 Å². The molecule has 21 heavy (non-hydrogen) atoms. The number of hydrogen-bond donors (Lipinski definition) is 2. The quantitative estimate of drug-likeness (QED) is 0.644. The number of rotatable bonds is 5. The minimum Gasteiger partial charge on any atom is -0.355 e. The predicted octanol–water partition coefficient (Wildman–Crippen LogP) is 1.98. The minimum atomic E-state index is -0.207. The van der Waals surface area contributed by atoms with Gasteiger partial charge in [-0.05, 0) is 43.6 Å². The summed E-state index contributed by atoms with van der Waals surface area (Å²) in [6, 6.07) is 7.20. The topological polar surface area (TPSA) is 39.7 Å². The van der Waals surface area contributed by atoms with Crippen molar-refractivity contribution in [3.05, 3.63) is 35.6 Å². The van der Waals surface area contributed by atoms with Crippen LogP contribution in [0.2, 0.25) is 0 Å². The monoisotopic (exact) mass is 292 g/mol. The van der Waals surface area contributed by atoms with E-state index in [-0.39, 0.29) is 5.82 Å². The van der Waals surface area contributed by atoms with Gasteiger partial charge in [-0.2, -0.15) is 0 Å². The van der Waals surface area contributed by atoms with Crippen molar-refractivity contribution in [3.63, 3.8) is 0 Å². The summed E-state index contributed by atoms with van der Waals surface area (Å²) >= 11 is 0. The van der Waals surface area contributed by atoms with E-state index in [1.807, 2.05) is 6.07 Å². The SMILES string of the molecule is CCN1CCCC1CNC(=NC)NCc1cccc(F)c1. The van der Waals surface area contributed by atoms with Gasteiger partial charge in [-0.15, -0.1) is 0 Å². The molecule has 0 aromatic heterocycles. The lowest BCUT2D eigenvalue weighted by Crippen LogP contribution is -2.44. The number of aliphatic imine (C=N–C) groups is 1. The molecule has 2 rings (SSSR count). The third-order valence-corrected chi connectivity index (χ3v) is 3.98. The largest absolute Gasteiger partial charge is 0.355 e. The van der Waals surface area contributed by atoms with Gasteiger partial charge < -0.3 is 10.6 Å². The highest BCUT2D eigenvalue weighted by atomic mass is 19.1. The van der Waals surface area contributed by atoms with Crippen LogP contribution in [0.25, 0.3) is 0 Å². The zero-order chi connectivity index (χ0) is 15.1. The molecule has 0 spiro atoms. The number of hydrogen-bond acceptors (Lipinski definition) is 2. The number of nitrogens with zero attached hydrogens (tertiary/aromatic N) is 2. The highest BCUT2D eigenvalue weighted by molar-refractivity contribution is 5.79. The summed E-state index contributed by atoms with van der Waals surface area (Å²) in [6.07, 6.45) is 2.51. The first-order valence-electron chi connectivity index (χ1n) is 7.66. The molecule has 0 radical (unpaired) electrons. The average molecular weight is 292 g/mol. The standard InChI is InChI=1S/C16H25FN4/c1-3-21-9-5-8-15(21)12-20-16(18-2)19-11-13-6-4-7-14(17)10-13/h4,6-7,10,15H,3,5,8-9,11-12H2,1-2H3,(H2,18,19,20). The molecule has 0 amide bonds. The van der Waals surface area contributed by atoms with E-state index in [1.54, 1.807) is 13.1 Å². The van der Waals surface area contributed by atoms with Gasteiger partial charge in [0.05, 0.1) is 0 Å². The van der Waals surface area contributed by atoms with Crippen molar-refractivity contribution in [3.8, 4) is 0 Å². The molecule has 1 unspecified atom stereocenters. The molecule has 1 saturated heterocycles. The molecule has 1 aromatic carbocycles. The maximum absolute atomic E-state index is 13.1. The normalized spacial score (nSPS) is 19.8. The maximum Gasteiger partial charge on any atom is 0.191 e. The van der Waals surface area contributed by atoms with Gasteiger partial charge in [0.25, 0.3) is 0 Å². The molecule has 2 N–H and O–H groups in total. The van der Waals surface area contributed by atoms with Gasteiger partial charge in [-0.1, -0.05) is 19.1 Å². The minimum absolute atomic E-state index is 0.207. The van der Waals surface area contributed by atoms with Gasteiger partial charge in [0, 0.05) is 26.2 Å². The Kier molecular flexibility index (Phi) is 5.99. The highest BCUT2D eigenvalue weighted by Gasteiger charge is 2.22. The maximum atomic E-state index is 13.1. The molecule has 1 aliphatic heterocycles. The van der Waals surface area contributed by atoms with Crippen LogP contribution in [0, 0.1) is 5.82 Å². The van der Waals surface area contributed by atoms with Gasteiger partial charge in [0.15, 0.2) is 5.96 Å². The first kappa shape index (κ1) is 15.8. The van der Waals surface area contributed by atoms with E-state index in [9.17, 15) is 4.39 Å². The smallest absolute Gasteiger partial charge is 0.191 e. The van der Waals surface area contributed by atoms with Gasteiger partial charge in [-0.25, -0.2) is 4.39 Å². The van der Waals surface area contributed by atoms with Crippen LogP contribution in [0.4, 0.5) is 4.39 Å². The lowest BCUT2D eigenvalue weighted by molar-refractivity contribution is 0.267. The van der Waals surface area contributed by atoms with Crippen LogP contribution in [0.1, 0.15) is 25.3 Å². The average Bonchev–Trinajstić information content (AvgIpc) is 2.95. The summed E-state index contributed by atoms with van der Waals surface area (Å²) in [6.45, 7) is 5.96. The zero-order valence-corrected chi connectivity index (χ0v) is 12.9. The van der Waals surface area contributed by atoms with Crippen LogP contribution < -0.4 is 10.6 Å². The van der Waals surface area contributed by atoms with Crippen molar-refractivity contribution in [1.29, 1.82) is 0 Å². The number of benzene rings is 1. The van der Waals surface area contributed by atoms with Crippen LogP contribution in [0.5, 0.6) is 0 Å². The van der Waals surface area contributed by atoms with E-state index in [0.29, 0.717) is 12.6 Å². The van der Waals surface area contributed by atoms with E-state index < -0.39 is 0 Å². The van der Waals surface area contributed by atoms with E-state index in [2.05, 4.69) is 27.4 Å². The van der Waals surface area contributed by atoms with Crippen molar-refractivity contribution in [1.82, 2.24) is 15.5 Å². The number of halogens is 1. The molecule has 1 aliphatic rings. The van der Waals surface area contributed by atoms with Crippen molar-refractivity contribution in [2.24, 2.45) is 4.99 Å². The second-order valence-electron chi connectivity index (χ2n) is 5.36. The van der Waals surface area contributed by atoms with Gasteiger partial charge >= 0.3 is 0 Å². The van der Waals surface area contributed by atoms with E-state index in [4.69, 9.17) is 0 Å². The van der Waals surface area contributed by atoms with Gasteiger partial charge in [0.1, 0.15) is 5.82 Å². The van der Waals surface area contributed by atoms with Crippen LogP contribution in [0.3, 0.4) is 0 Å². The summed E-state index contributed by atoms with van der Waals surface area (Å²) in [4.78, 5) is 6.71. The Labute approximate surface area is 126 Å². The molecule has 1 aromatic rings. The zero-order valence-electron chi connectivity index (χ0n) is 12.9. The number of likely N-dealkylation sites (N-methyl/N-ethyl adjacent to an activating group) is 1. The third-order valence-electron chi connectivity index (χ3n) is 3.98. The van der Waals surface area contributed by atoms with Crippen LogP contribution in [0.15, 0.2) is 29.3 Å². The van der Waals surface area contributed by atoms with E-state index >= 15 is 0 Å². The number of nitrogens with one attached hydrogen (secondary N) is 2. The first-order valence-corrected chi connectivity index (χ1v) is 7.66. The van der Waals surface area contributed by atoms with Crippen molar-refractivity contribution in [2.45, 2.75) is 32.4 Å². The van der Waals surface area contributed by atoms with Crippen LogP contribution in [-0.2, 0) is 6.54 Å². The summed E-state index contributed by atoms with van der Waals surface area (Å²) < 4.78 is 13.1. The van der Waals surface area contributed by atoms with E-state index in [1.165, 1.54) is 31.5 Å². The summed E-state index contributed by atoms with van der Waals surface area (Å²) in [5.41, 5.74) is 0.911. The second kappa shape index (κ2) is 7.98. The lowest BCUT2D eigenvalue weighted by Gasteiger charge is -2.24. The molecular weight excluding hydrogens is 267 g/mol. The van der Waals surface area contributed by atoms with Crippen LogP contribution >= 0.6 is 0 Å².